The lowest BCUT2D eigenvalue weighted by atomic mass is 10.1. The molecule has 144 valence electrons. The fourth-order valence-electron chi connectivity index (χ4n) is 2.97. The third-order valence-corrected chi connectivity index (χ3v) is 4.51. The Morgan fingerprint density at radius 2 is 1.48 bits per heavy atom. The molecule has 5 nitrogen and oxygen atoms in total. The van der Waals surface area contributed by atoms with E-state index in [4.69, 9.17) is 9.47 Å². The van der Waals surface area contributed by atoms with Crippen molar-refractivity contribution in [2.75, 3.05) is 7.11 Å². The van der Waals surface area contributed by atoms with E-state index in [1.807, 2.05) is 85.8 Å². The van der Waals surface area contributed by atoms with Gasteiger partial charge >= 0.3 is 5.97 Å². The monoisotopic (exact) mass is 384 g/mol. The van der Waals surface area contributed by atoms with Crippen molar-refractivity contribution < 1.29 is 14.3 Å². The molecule has 0 amide bonds. The van der Waals surface area contributed by atoms with Gasteiger partial charge in [-0.15, -0.1) is 0 Å². The van der Waals surface area contributed by atoms with Crippen molar-refractivity contribution in [3.05, 3.63) is 96.2 Å². The van der Waals surface area contributed by atoms with Gasteiger partial charge in [0.15, 0.2) is 5.69 Å². The highest BCUT2D eigenvalue weighted by Gasteiger charge is 2.18. The van der Waals surface area contributed by atoms with Crippen LogP contribution in [0.1, 0.15) is 16.1 Å². The summed E-state index contributed by atoms with van der Waals surface area (Å²) in [5.41, 5.74) is 3.90. The summed E-state index contributed by atoms with van der Waals surface area (Å²) in [5, 5.41) is 4.62. The number of hydrogen-bond acceptors (Lipinski definition) is 4. The number of ether oxygens (including phenoxy) is 2. The van der Waals surface area contributed by atoms with Crippen LogP contribution in [0.3, 0.4) is 0 Å². The third-order valence-electron chi connectivity index (χ3n) is 4.51. The number of rotatable bonds is 5. The lowest BCUT2D eigenvalue weighted by Crippen LogP contribution is -2.09. The average molecular weight is 384 g/mol. The Balaban J connectivity index is 1.63. The van der Waals surface area contributed by atoms with Gasteiger partial charge in [-0.2, -0.15) is 5.10 Å². The van der Waals surface area contributed by atoms with Crippen molar-refractivity contribution in [3.63, 3.8) is 0 Å². The Labute approximate surface area is 169 Å². The molecule has 0 aliphatic carbocycles. The first kappa shape index (κ1) is 18.5. The van der Waals surface area contributed by atoms with Crippen LogP contribution in [0.2, 0.25) is 0 Å². The Morgan fingerprint density at radius 3 is 2.10 bits per heavy atom. The lowest BCUT2D eigenvalue weighted by Gasteiger charge is -2.06. The number of nitrogens with zero attached hydrogens (tertiary/aromatic N) is 2. The molecule has 4 rings (SSSR count). The Kier molecular flexibility index (Phi) is 5.12. The van der Waals surface area contributed by atoms with E-state index in [1.54, 1.807) is 10.7 Å². The standard InChI is InChI=1S/C24H20N2O3/c1-17-8-12-20(13-9-17)29-21-14-10-18(11-15-21)22-16-23(24(27)28-2)26(25-22)19-6-4-3-5-7-19/h3-16H,1-2H3. The van der Waals surface area contributed by atoms with Crippen LogP contribution < -0.4 is 4.74 Å². The Hall–Kier alpha value is -3.86. The zero-order valence-electron chi connectivity index (χ0n) is 16.2. The van der Waals surface area contributed by atoms with Crippen molar-refractivity contribution in [2.24, 2.45) is 0 Å². The smallest absolute Gasteiger partial charge is 0.356 e. The summed E-state index contributed by atoms with van der Waals surface area (Å²) in [5.74, 6) is 1.07. The van der Waals surface area contributed by atoms with E-state index in [1.165, 1.54) is 12.7 Å². The number of aryl methyl sites for hydroxylation is 1. The molecule has 0 radical (unpaired) electrons. The topological polar surface area (TPSA) is 53.4 Å². The van der Waals surface area contributed by atoms with Crippen LogP contribution in [0.5, 0.6) is 11.5 Å². The van der Waals surface area contributed by atoms with Gasteiger partial charge in [0.05, 0.1) is 18.5 Å². The number of benzene rings is 3. The maximum atomic E-state index is 12.2. The molecule has 0 spiro atoms. The van der Waals surface area contributed by atoms with E-state index >= 15 is 0 Å². The molecule has 0 saturated carbocycles. The van der Waals surface area contributed by atoms with Crippen molar-refractivity contribution in [1.29, 1.82) is 0 Å². The molecule has 0 atom stereocenters. The first-order valence-corrected chi connectivity index (χ1v) is 9.23. The van der Waals surface area contributed by atoms with E-state index in [-0.39, 0.29) is 0 Å². The SMILES string of the molecule is COC(=O)c1cc(-c2ccc(Oc3ccc(C)cc3)cc2)nn1-c1ccccc1. The summed E-state index contributed by atoms with van der Waals surface area (Å²) in [6.45, 7) is 2.04. The molecular weight excluding hydrogens is 364 g/mol. The van der Waals surface area contributed by atoms with Crippen LogP contribution in [-0.4, -0.2) is 22.9 Å². The number of para-hydroxylation sites is 1. The van der Waals surface area contributed by atoms with Gasteiger partial charge in [-0.1, -0.05) is 35.9 Å². The summed E-state index contributed by atoms with van der Waals surface area (Å²) < 4.78 is 12.4. The summed E-state index contributed by atoms with van der Waals surface area (Å²) in [4.78, 5) is 12.2. The van der Waals surface area contributed by atoms with Crippen molar-refractivity contribution >= 4 is 5.97 Å². The maximum Gasteiger partial charge on any atom is 0.356 e. The zero-order valence-corrected chi connectivity index (χ0v) is 16.2. The molecule has 0 aliphatic heterocycles. The number of carbonyl (C=O) groups excluding carboxylic acids is 1. The van der Waals surface area contributed by atoms with E-state index in [0.717, 1.165) is 22.7 Å². The van der Waals surface area contributed by atoms with E-state index < -0.39 is 5.97 Å². The molecule has 0 fully saturated rings. The molecule has 0 saturated heterocycles. The molecular formula is C24H20N2O3. The second-order valence-electron chi connectivity index (χ2n) is 6.59. The normalized spacial score (nSPS) is 10.6. The van der Waals surface area contributed by atoms with Gasteiger partial charge in [-0.05, 0) is 61.5 Å². The quantitative estimate of drug-likeness (QED) is 0.431. The molecule has 1 aromatic heterocycles. The second-order valence-corrected chi connectivity index (χ2v) is 6.59. The fraction of sp³-hybridized carbons (Fsp3) is 0.0833. The molecule has 5 heteroatoms. The van der Waals surface area contributed by atoms with Crippen molar-refractivity contribution in [3.8, 4) is 28.4 Å². The molecule has 0 N–H and O–H groups in total. The number of hydrogen-bond donors (Lipinski definition) is 0. The van der Waals surface area contributed by atoms with Gasteiger partial charge < -0.3 is 9.47 Å². The van der Waals surface area contributed by atoms with E-state index in [2.05, 4.69) is 5.10 Å². The number of methoxy groups -OCH3 is 1. The highest BCUT2D eigenvalue weighted by Crippen LogP contribution is 2.27. The van der Waals surface area contributed by atoms with Gasteiger partial charge in [0.2, 0.25) is 0 Å². The highest BCUT2D eigenvalue weighted by molar-refractivity contribution is 5.89. The minimum absolute atomic E-state index is 0.369. The molecule has 3 aromatic carbocycles. The summed E-state index contributed by atoms with van der Waals surface area (Å²) in [6.07, 6.45) is 0. The fourth-order valence-corrected chi connectivity index (χ4v) is 2.97. The van der Waals surface area contributed by atoms with Crippen LogP contribution in [-0.2, 0) is 4.74 Å². The lowest BCUT2D eigenvalue weighted by molar-refractivity contribution is 0.0590. The molecule has 0 unspecified atom stereocenters. The molecule has 0 aliphatic rings. The predicted octanol–water partition coefficient (Wildman–Crippen LogP) is 5.43. The number of esters is 1. The molecule has 1 heterocycles. The molecule has 4 aromatic rings. The maximum absolute atomic E-state index is 12.2. The van der Waals surface area contributed by atoms with Crippen LogP contribution in [0, 0.1) is 6.92 Å². The van der Waals surface area contributed by atoms with Crippen LogP contribution in [0.15, 0.2) is 84.9 Å². The van der Waals surface area contributed by atoms with E-state index in [9.17, 15) is 4.79 Å². The number of aromatic nitrogens is 2. The summed E-state index contributed by atoms with van der Waals surface area (Å²) in [6, 6.07) is 26.7. The molecule has 29 heavy (non-hydrogen) atoms. The first-order valence-electron chi connectivity index (χ1n) is 9.23. The minimum atomic E-state index is -0.438. The molecule has 0 bridgehead atoms. The summed E-state index contributed by atoms with van der Waals surface area (Å²) in [7, 11) is 1.36. The van der Waals surface area contributed by atoms with Gasteiger partial charge in [-0.25, -0.2) is 9.48 Å². The van der Waals surface area contributed by atoms with Gasteiger partial charge in [0, 0.05) is 5.56 Å². The Bertz CT molecular complexity index is 1120. The highest BCUT2D eigenvalue weighted by atomic mass is 16.5. The number of carbonyl (C=O) groups is 1. The van der Waals surface area contributed by atoms with Gasteiger partial charge in [0.1, 0.15) is 11.5 Å². The van der Waals surface area contributed by atoms with Crippen LogP contribution >= 0.6 is 0 Å². The van der Waals surface area contributed by atoms with Crippen molar-refractivity contribution in [1.82, 2.24) is 9.78 Å². The Morgan fingerprint density at radius 1 is 0.862 bits per heavy atom. The average Bonchev–Trinajstić information content (AvgIpc) is 3.21. The first-order chi connectivity index (χ1) is 14.1. The largest absolute Gasteiger partial charge is 0.464 e. The zero-order chi connectivity index (χ0) is 20.2. The van der Waals surface area contributed by atoms with Gasteiger partial charge in [0.25, 0.3) is 0 Å². The predicted molar refractivity (Wildman–Crippen MR) is 112 cm³/mol. The van der Waals surface area contributed by atoms with E-state index in [0.29, 0.717) is 11.4 Å². The summed E-state index contributed by atoms with van der Waals surface area (Å²) >= 11 is 0. The van der Waals surface area contributed by atoms with Crippen LogP contribution in [0.4, 0.5) is 0 Å². The van der Waals surface area contributed by atoms with Gasteiger partial charge in [-0.3, -0.25) is 0 Å². The van der Waals surface area contributed by atoms with Crippen LogP contribution in [0.25, 0.3) is 16.9 Å². The third kappa shape index (κ3) is 4.04. The van der Waals surface area contributed by atoms with Crippen molar-refractivity contribution in [2.45, 2.75) is 6.92 Å². The minimum Gasteiger partial charge on any atom is -0.464 e. The second kappa shape index (κ2) is 8.02.